The maximum absolute atomic E-state index is 10.6. The third kappa shape index (κ3) is 10.0. The average Bonchev–Trinajstić information content (AvgIpc) is 3.24. The average molecular weight is 574 g/mol. The van der Waals surface area contributed by atoms with Gasteiger partial charge in [-0.3, -0.25) is 4.90 Å². The number of carbonyl (C=O) groups is 2. The minimum absolute atomic E-state index is 0.0192. The quantitative estimate of drug-likeness (QED) is 0.528. The molecule has 0 aromatic carbocycles. The van der Waals surface area contributed by atoms with E-state index in [4.69, 9.17) is 24.5 Å². The van der Waals surface area contributed by atoms with E-state index in [1.54, 1.807) is 23.7 Å². The predicted octanol–water partition coefficient (Wildman–Crippen LogP) is 3.38. The summed E-state index contributed by atoms with van der Waals surface area (Å²) in [5, 5.41) is 17.6. The zero-order valence-corrected chi connectivity index (χ0v) is 20.8. The van der Waals surface area contributed by atoms with Gasteiger partial charge >= 0.3 is 24.3 Å². The highest BCUT2D eigenvalue weighted by atomic mass is 32.1. The molecular weight excluding hydrogens is 548 g/mol. The molecule has 2 aromatic rings. The van der Waals surface area contributed by atoms with E-state index in [0.717, 1.165) is 63.1 Å². The fourth-order valence-electron chi connectivity index (χ4n) is 3.64. The number of piperidine rings is 1. The van der Waals surface area contributed by atoms with Crippen LogP contribution >= 0.6 is 11.3 Å². The monoisotopic (exact) mass is 573 g/mol. The first-order valence-corrected chi connectivity index (χ1v) is 11.9. The molecule has 2 saturated heterocycles. The lowest BCUT2D eigenvalue weighted by atomic mass is 9.89. The van der Waals surface area contributed by atoms with E-state index in [9.17, 15) is 26.3 Å². The zero-order valence-electron chi connectivity index (χ0n) is 20.0. The smallest absolute Gasteiger partial charge is 0.475 e. The first kappa shape index (κ1) is 31.2. The van der Waals surface area contributed by atoms with Gasteiger partial charge in [-0.25, -0.2) is 24.5 Å². The maximum atomic E-state index is 10.6. The Morgan fingerprint density at radius 3 is 2.00 bits per heavy atom. The van der Waals surface area contributed by atoms with Gasteiger partial charge in [0.25, 0.3) is 0 Å². The maximum Gasteiger partial charge on any atom is 0.490 e. The van der Waals surface area contributed by atoms with Crippen molar-refractivity contribution >= 4 is 29.2 Å². The number of alkyl halides is 6. The lowest BCUT2D eigenvalue weighted by Crippen LogP contribution is -2.56. The molecule has 0 amide bonds. The van der Waals surface area contributed by atoms with Crippen LogP contribution in [-0.4, -0.2) is 92.7 Å². The molecule has 0 saturated carbocycles. The van der Waals surface area contributed by atoms with E-state index in [-0.39, 0.29) is 5.60 Å². The lowest BCUT2D eigenvalue weighted by molar-refractivity contribution is -0.193. The highest BCUT2D eigenvalue weighted by Crippen LogP contribution is 2.31. The number of thiazole rings is 1. The van der Waals surface area contributed by atoms with Gasteiger partial charge in [0.1, 0.15) is 0 Å². The summed E-state index contributed by atoms with van der Waals surface area (Å²) in [6, 6.07) is 1.86. The molecule has 212 valence electrons. The number of carboxylic acids is 2. The molecule has 0 unspecified atom stereocenters. The van der Waals surface area contributed by atoms with Crippen molar-refractivity contribution in [3.05, 3.63) is 34.5 Å². The Balaban J connectivity index is 0.000000301. The Hall–Kier alpha value is -3.05. The van der Waals surface area contributed by atoms with Crippen LogP contribution in [0.2, 0.25) is 0 Å². The number of anilines is 1. The van der Waals surface area contributed by atoms with Crippen LogP contribution in [0.25, 0.3) is 0 Å². The van der Waals surface area contributed by atoms with Gasteiger partial charge in [-0.15, -0.1) is 11.3 Å². The van der Waals surface area contributed by atoms with Gasteiger partial charge in [0, 0.05) is 50.5 Å². The number of hydrogen-bond acceptors (Lipinski definition) is 9. The Bertz CT molecular complexity index is 1020. The van der Waals surface area contributed by atoms with Crippen molar-refractivity contribution < 1.29 is 50.9 Å². The van der Waals surface area contributed by atoms with E-state index in [1.807, 2.05) is 6.07 Å². The molecule has 0 radical (unpaired) electrons. The van der Waals surface area contributed by atoms with Gasteiger partial charge in [0.15, 0.2) is 0 Å². The number of ether oxygens (including phenoxy) is 1. The normalized spacial score (nSPS) is 17.6. The van der Waals surface area contributed by atoms with Crippen molar-refractivity contribution in [1.29, 1.82) is 0 Å². The van der Waals surface area contributed by atoms with Crippen LogP contribution in [0.15, 0.2) is 23.8 Å². The van der Waals surface area contributed by atoms with Crippen LogP contribution < -0.4 is 4.90 Å². The molecule has 17 heteroatoms. The number of aliphatic carboxylic acids is 2. The third-order valence-corrected chi connectivity index (χ3v) is 6.20. The number of carboxylic acid groups (broad SMARTS) is 2. The van der Waals surface area contributed by atoms with Crippen LogP contribution in [-0.2, 0) is 20.9 Å². The van der Waals surface area contributed by atoms with Gasteiger partial charge in [-0.2, -0.15) is 26.3 Å². The number of halogens is 6. The van der Waals surface area contributed by atoms with E-state index in [0.29, 0.717) is 0 Å². The summed E-state index contributed by atoms with van der Waals surface area (Å²) in [6.07, 6.45) is -4.50. The van der Waals surface area contributed by atoms with Crippen molar-refractivity contribution in [1.82, 2.24) is 19.9 Å². The van der Waals surface area contributed by atoms with Gasteiger partial charge in [0.05, 0.1) is 22.9 Å². The van der Waals surface area contributed by atoms with Crippen LogP contribution in [0.4, 0.5) is 32.3 Å². The molecular formula is C21H25F6N5O5S. The Labute approximate surface area is 216 Å². The van der Waals surface area contributed by atoms with E-state index < -0.39 is 24.3 Å². The molecule has 4 heterocycles. The molecule has 2 aliphatic heterocycles. The summed E-state index contributed by atoms with van der Waals surface area (Å²) in [5.74, 6) is -4.68. The second-order valence-corrected chi connectivity index (χ2v) is 9.30. The Kier molecular flexibility index (Phi) is 10.8. The van der Waals surface area contributed by atoms with Crippen LogP contribution in [0.3, 0.4) is 0 Å². The molecule has 0 bridgehead atoms. The highest BCUT2D eigenvalue weighted by Gasteiger charge is 2.40. The lowest BCUT2D eigenvalue weighted by Gasteiger charge is -2.47. The molecule has 0 aliphatic carbocycles. The van der Waals surface area contributed by atoms with Crippen LogP contribution in [0, 0.1) is 6.92 Å². The minimum atomic E-state index is -5.08. The van der Waals surface area contributed by atoms with Gasteiger partial charge in [-0.05, 0) is 25.8 Å². The number of rotatable bonds is 3. The number of aromatic nitrogens is 3. The summed E-state index contributed by atoms with van der Waals surface area (Å²) in [5.41, 5.74) is 1.17. The highest BCUT2D eigenvalue weighted by molar-refractivity contribution is 7.09. The third-order valence-electron chi connectivity index (χ3n) is 5.37. The molecule has 2 aromatic heterocycles. The Morgan fingerprint density at radius 2 is 1.55 bits per heavy atom. The number of nitrogens with zero attached hydrogens (tertiary/aromatic N) is 5. The summed E-state index contributed by atoms with van der Waals surface area (Å²) in [7, 11) is 0. The number of aryl methyl sites for hydroxylation is 1. The minimum Gasteiger partial charge on any atom is -0.475 e. The summed E-state index contributed by atoms with van der Waals surface area (Å²) < 4.78 is 69.7. The largest absolute Gasteiger partial charge is 0.490 e. The molecule has 2 fully saturated rings. The SMILES string of the molecule is Cc1nc(CN2CCOC3(CCN(c4ncccn4)CC3)C2)cs1.O=C(O)C(F)(F)F.O=C(O)C(F)(F)F. The predicted molar refractivity (Wildman–Crippen MR) is 122 cm³/mol. The summed E-state index contributed by atoms with van der Waals surface area (Å²) in [6.45, 7) is 7.69. The van der Waals surface area contributed by atoms with Gasteiger partial charge in [-0.1, -0.05) is 0 Å². The topological polar surface area (TPSA) is 129 Å². The van der Waals surface area contributed by atoms with Crippen molar-refractivity contribution in [3.8, 4) is 0 Å². The van der Waals surface area contributed by atoms with Gasteiger partial charge in [0.2, 0.25) is 5.95 Å². The van der Waals surface area contributed by atoms with Crippen molar-refractivity contribution in [2.75, 3.05) is 37.7 Å². The summed E-state index contributed by atoms with van der Waals surface area (Å²) >= 11 is 1.73. The van der Waals surface area contributed by atoms with Crippen molar-refractivity contribution in [2.45, 2.75) is 44.3 Å². The Morgan fingerprint density at radius 1 is 1.03 bits per heavy atom. The van der Waals surface area contributed by atoms with E-state index in [2.05, 4.69) is 37.1 Å². The van der Waals surface area contributed by atoms with E-state index >= 15 is 0 Å². The molecule has 2 N–H and O–H groups in total. The number of hydrogen-bond donors (Lipinski definition) is 2. The van der Waals surface area contributed by atoms with Crippen molar-refractivity contribution in [3.63, 3.8) is 0 Å². The molecule has 1 spiro atoms. The fourth-order valence-corrected chi connectivity index (χ4v) is 4.24. The zero-order chi connectivity index (χ0) is 28.6. The molecule has 38 heavy (non-hydrogen) atoms. The molecule has 0 atom stereocenters. The second-order valence-electron chi connectivity index (χ2n) is 8.24. The second kappa shape index (κ2) is 13.1. The standard InChI is InChI=1S/C17H23N5OS.2C2HF3O2/c1-14-20-15(12-24-14)11-21-9-10-23-17(13-21)3-7-22(8-4-17)16-18-5-2-6-19-16;2*3-2(4,5)1(6)7/h2,5-6,12H,3-4,7-11,13H2,1H3;2*(H,6,7). The molecule has 10 nitrogen and oxygen atoms in total. The molecule has 4 rings (SSSR count). The first-order valence-electron chi connectivity index (χ1n) is 11.0. The van der Waals surface area contributed by atoms with Crippen LogP contribution in [0.1, 0.15) is 23.5 Å². The first-order chi connectivity index (χ1) is 17.6. The van der Waals surface area contributed by atoms with E-state index in [1.165, 1.54) is 5.69 Å². The van der Waals surface area contributed by atoms with Crippen molar-refractivity contribution in [2.24, 2.45) is 0 Å². The number of morpholine rings is 1. The summed E-state index contributed by atoms with van der Waals surface area (Å²) in [4.78, 5) is 35.9. The molecule has 2 aliphatic rings. The van der Waals surface area contributed by atoms with Gasteiger partial charge < -0.3 is 19.8 Å². The fraction of sp³-hybridized carbons (Fsp3) is 0.571. The van der Waals surface area contributed by atoms with Crippen LogP contribution in [0.5, 0.6) is 0 Å².